The van der Waals surface area contributed by atoms with Crippen molar-refractivity contribution in [1.29, 1.82) is 0 Å². The first-order valence-electron chi connectivity index (χ1n) is 5.56. The SMILES string of the molecule is CCN1C(=O)N=C(N)C1c1ccc(OC)c(F)c1. The number of hydrogen-bond donors (Lipinski definition) is 1. The molecule has 1 aliphatic rings. The fraction of sp³-hybridized carbons (Fsp3) is 0.333. The zero-order chi connectivity index (χ0) is 13.3. The van der Waals surface area contributed by atoms with Gasteiger partial charge in [0.2, 0.25) is 0 Å². The van der Waals surface area contributed by atoms with Gasteiger partial charge in [-0.25, -0.2) is 9.18 Å². The summed E-state index contributed by atoms with van der Waals surface area (Å²) in [5.41, 5.74) is 6.31. The van der Waals surface area contributed by atoms with Crippen molar-refractivity contribution in [2.45, 2.75) is 13.0 Å². The van der Waals surface area contributed by atoms with Crippen molar-refractivity contribution in [3.8, 4) is 5.75 Å². The molecule has 96 valence electrons. The lowest BCUT2D eigenvalue weighted by molar-refractivity contribution is 0.209. The summed E-state index contributed by atoms with van der Waals surface area (Å²) in [6.45, 7) is 2.28. The van der Waals surface area contributed by atoms with Crippen molar-refractivity contribution in [2.75, 3.05) is 13.7 Å². The number of ether oxygens (including phenoxy) is 1. The highest BCUT2D eigenvalue weighted by atomic mass is 19.1. The lowest BCUT2D eigenvalue weighted by atomic mass is 10.0. The van der Waals surface area contributed by atoms with Crippen molar-refractivity contribution in [3.05, 3.63) is 29.6 Å². The van der Waals surface area contributed by atoms with Crippen LogP contribution in [0.2, 0.25) is 0 Å². The van der Waals surface area contributed by atoms with E-state index in [9.17, 15) is 9.18 Å². The number of amidine groups is 1. The molecule has 0 saturated carbocycles. The number of methoxy groups -OCH3 is 1. The molecule has 0 spiro atoms. The number of aliphatic imine (C=N–C) groups is 1. The van der Waals surface area contributed by atoms with Gasteiger partial charge in [0.05, 0.1) is 7.11 Å². The summed E-state index contributed by atoms with van der Waals surface area (Å²) in [4.78, 5) is 16.7. The predicted octanol–water partition coefficient (Wildman–Crippen LogP) is 1.69. The van der Waals surface area contributed by atoms with Gasteiger partial charge in [-0.2, -0.15) is 4.99 Å². The molecule has 0 fully saturated rings. The summed E-state index contributed by atoms with van der Waals surface area (Å²) in [6, 6.07) is 3.61. The average molecular weight is 251 g/mol. The molecule has 0 aromatic heterocycles. The Kier molecular flexibility index (Phi) is 3.18. The standard InChI is InChI=1S/C12H14FN3O2/c1-3-16-10(11(14)15-12(16)17)7-4-5-9(18-2)8(13)6-7/h4-6,10H,3H2,1-2H3,(H2,14,15,17). The Balaban J connectivity index is 2.39. The number of urea groups is 1. The van der Waals surface area contributed by atoms with E-state index in [1.165, 1.54) is 24.1 Å². The molecule has 6 heteroatoms. The van der Waals surface area contributed by atoms with Crippen LogP contribution < -0.4 is 10.5 Å². The molecule has 2 amide bonds. The number of carbonyl (C=O) groups is 1. The molecule has 0 radical (unpaired) electrons. The first-order chi connectivity index (χ1) is 8.58. The highest BCUT2D eigenvalue weighted by Crippen LogP contribution is 2.29. The maximum atomic E-state index is 13.6. The second-order valence-electron chi connectivity index (χ2n) is 3.90. The van der Waals surface area contributed by atoms with Gasteiger partial charge in [-0.1, -0.05) is 6.07 Å². The molecule has 1 aromatic carbocycles. The normalized spacial score (nSPS) is 19.1. The van der Waals surface area contributed by atoms with Crippen LogP contribution in [0, 0.1) is 5.82 Å². The molecule has 0 saturated heterocycles. The molecule has 1 aromatic rings. The molecule has 1 aliphatic heterocycles. The van der Waals surface area contributed by atoms with Crippen LogP contribution in [0.25, 0.3) is 0 Å². The van der Waals surface area contributed by atoms with Crippen LogP contribution in [0.1, 0.15) is 18.5 Å². The summed E-state index contributed by atoms with van der Waals surface area (Å²) in [5, 5.41) is 0. The minimum atomic E-state index is -0.497. The quantitative estimate of drug-likeness (QED) is 0.888. The molecule has 2 N–H and O–H groups in total. The number of rotatable bonds is 3. The number of halogens is 1. The van der Waals surface area contributed by atoms with Gasteiger partial charge >= 0.3 is 6.03 Å². The summed E-state index contributed by atoms with van der Waals surface area (Å²) < 4.78 is 18.5. The van der Waals surface area contributed by atoms with E-state index < -0.39 is 17.9 Å². The van der Waals surface area contributed by atoms with E-state index in [2.05, 4.69) is 4.99 Å². The van der Waals surface area contributed by atoms with Crippen LogP contribution >= 0.6 is 0 Å². The van der Waals surface area contributed by atoms with E-state index in [0.29, 0.717) is 12.1 Å². The van der Waals surface area contributed by atoms with E-state index in [1.54, 1.807) is 6.07 Å². The second-order valence-corrected chi connectivity index (χ2v) is 3.90. The molecule has 1 unspecified atom stereocenters. The zero-order valence-electron chi connectivity index (χ0n) is 10.2. The molecule has 2 rings (SSSR count). The smallest absolute Gasteiger partial charge is 0.346 e. The van der Waals surface area contributed by atoms with Gasteiger partial charge < -0.3 is 15.4 Å². The Labute approximate surface area is 104 Å². The van der Waals surface area contributed by atoms with Gasteiger partial charge in [-0.15, -0.1) is 0 Å². The number of nitrogens with two attached hydrogens (primary N) is 1. The van der Waals surface area contributed by atoms with E-state index in [0.717, 1.165) is 0 Å². The number of hydrogen-bond acceptors (Lipinski definition) is 3. The summed E-state index contributed by atoms with van der Waals surface area (Å²) in [7, 11) is 1.39. The Morgan fingerprint density at radius 3 is 2.83 bits per heavy atom. The lowest BCUT2D eigenvalue weighted by Crippen LogP contribution is -2.33. The summed E-state index contributed by atoms with van der Waals surface area (Å²) in [6.07, 6.45) is 0. The molecule has 5 nitrogen and oxygen atoms in total. The molecule has 1 heterocycles. The largest absolute Gasteiger partial charge is 0.494 e. The highest BCUT2D eigenvalue weighted by molar-refractivity contribution is 6.03. The molecule has 18 heavy (non-hydrogen) atoms. The van der Waals surface area contributed by atoms with Gasteiger partial charge in [-0.3, -0.25) is 0 Å². The van der Waals surface area contributed by atoms with Crippen LogP contribution in [-0.2, 0) is 0 Å². The zero-order valence-corrected chi connectivity index (χ0v) is 10.2. The summed E-state index contributed by atoms with van der Waals surface area (Å²) >= 11 is 0. The van der Waals surface area contributed by atoms with Gasteiger partial charge in [0, 0.05) is 6.54 Å². The Morgan fingerprint density at radius 2 is 2.28 bits per heavy atom. The number of amides is 2. The van der Waals surface area contributed by atoms with Crippen molar-refractivity contribution >= 4 is 11.9 Å². The Bertz CT molecular complexity index is 516. The third-order valence-electron chi connectivity index (χ3n) is 2.89. The molecule has 1 atom stereocenters. The fourth-order valence-electron chi connectivity index (χ4n) is 2.03. The number of likely N-dealkylation sites (N-methyl/N-ethyl adjacent to an activating group) is 1. The monoisotopic (exact) mass is 251 g/mol. The van der Waals surface area contributed by atoms with Crippen molar-refractivity contribution in [1.82, 2.24) is 4.90 Å². The third-order valence-corrected chi connectivity index (χ3v) is 2.89. The van der Waals surface area contributed by atoms with Crippen LogP contribution in [0.4, 0.5) is 9.18 Å². The fourth-order valence-corrected chi connectivity index (χ4v) is 2.03. The Morgan fingerprint density at radius 1 is 1.56 bits per heavy atom. The predicted molar refractivity (Wildman–Crippen MR) is 65.1 cm³/mol. The van der Waals surface area contributed by atoms with Crippen molar-refractivity contribution < 1.29 is 13.9 Å². The number of carbonyl (C=O) groups excluding carboxylic acids is 1. The van der Waals surface area contributed by atoms with Gasteiger partial charge in [0.1, 0.15) is 11.9 Å². The molecule has 0 aliphatic carbocycles. The topological polar surface area (TPSA) is 67.9 Å². The van der Waals surface area contributed by atoms with Crippen LogP contribution in [0.15, 0.2) is 23.2 Å². The van der Waals surface area contributed by atoms with Crippen LogP contribution in [0.3, 0.4) is 0 Å². The first-order valence-corrected chi connectivity index (χ1v) is 5.56. The third kappa shape index (κ3) is 1.90. The molecular formula is C12H14FN3O2. The van der Waals surface area contributed by atoms with E-state index >= 15 is 0 Å². The molecule has 0 bridgehead atoms. The van der Waals surface area contributed by atoms with E-state index in [4.69, 9.17) is 10.5 Å². The second kappa shape index (κ2) is 4.64. The first kappa shape index (κ1) is 12.3. The average Bonchev–Trinajstić information content (AvgIpc) is 2.63. The highest BCUT2D eigenvalue weighted by Gasteiger charge is 2.33. The number of nitrogens with zero attached hydrogens (tertiary/aromatic N) is 2. The van der Waals surface area contributed by atoms with Crippen molar-refractivity contribution in [3.63, 3.8) is 0 Å². The number of benzene rings is 1. The maximum Gasteiger partial charge on any atom is 0.346 e. The van der Waals surface area contributed by atoms with Gasteiger partial charge in [-0.05, 0) is 24.6 Å². The molecular weight excluding hydrogens is 237 g/mol. The minimum absolute atomic E-state index is 0.154. The lowest BCUT2D eigenvalue weighted by Gasteiger charge is -2.23. The summed E-state index contributed by atoms with van der Waals surface area (Å²) in [5.74, 6) is -0.147. The van der Waals surface area contributed by atoms with Crippen LogP contribution in [0.5, 0.6) is 5.75 Å². The maximum absolute atomic E-state index is 13.6. The van der Waals surface area contributed by atoms with E-state index in [1.807, 2.05) is 6.92 Å². The Hall–Kier alpha value is -2.11. The minimum Gasteiger partial charge on any atom is -0.494 e. The van der Waals surface area contributed by atoms with Crippen molar-refractivity contribution in [2.24, 2.45) is 10.7 Å². The van der Waals surface area contributed by atoms with Crippen LogP contribution in [-0.4, -0.2) is 30.4 Å². The van der Waals surface area contributed by atoms with E-state index in [-0.39, 0.29) is 11.6 Å². The van der Waals surface area contributed by atoms with Gasteiger partial charge in [0.25, 0.3) is 0 Å². The van der Waals surface area contributed by atoms with Gasteiger partial charge in [0.15, 0.2) is 11.6 Å².